The van der Waals surface area contributed by atoms with E-state index < -0.39 is 11.6 Å². The highest BCUT2D eigenvalue weighted by molar-refractivity contribution is 6.03. The zero-order valence-corrected chi connectivity index (χ0v) is 72.8. The summed E-state index contributed by atoms with van der Waals surface area (Å²) in [5.74, 6) is -1.29. The number of amides is 5. The van der Waals surface area contributed by atoms with Gasteiger partial charge in [-0.05, 0) is 172 Å². The molecule has 20 rings (SSSR count). The van der Waals surface area contributed by atoms with Crippen LogP contribution in [0.25, 0.3) is 166 Å². The van der Waals surface area contributed by atoms with Crippen molar-refractivity contribution >= 4 is 107 Å². The number of methoxy groups -OCH3 is 2. The molecule has 10 aromatic heterocycles. The lowest BCUT2D eigenvalue weighted by atomic mass is 10.0. The van der Waals surface area contributed by atoms with Crippen molar-refractivity contribution in [3.8, 4) is 123 Å². The van der Waals surface area contributed by atoms with Crippen molar-refractivity contribution < 1.29 is 51.0 Å². The molecule has 26 heteroatoms. The average Bonchev–Trinajstić information content (AvgIpc) is 1.65. The molecule has 5 amide bonds. The molecule has 0 spiro atoms. The van der Waals surface area contributed by atoms with Crippen LogP contribution in [-0.2, 0) is 19.2 Å². The number of carbonyl (C=O) groups excluding carboxylic acids is 5. The van der Waals surface area contributed by atoms with Gasteiger partial charge in [-0.25, -0.2) is 42.5 Å². The lowest BCUT2D eigenvalue weighted by Crippen LogP contribution is -2.17. The number of anilines is 4. The van der Waals surface area contributed by atoms with Gasteiger partial charge >= 0.3 is 0 Å². The average molecular weight is 1770 g/mol. The van der Waals surface area contributed by atoms with Crippen molar-refractivity contribution in [2.75, 3.05) is 42.5 Å². The zero-order chi connectivity index (χ0) is 92.8. The number of pyridine rings is 5. The van der Waals surface area contributed by atoms with Crippen molar-refractivity contribution in [2.24, 2.45) is 0 Å². The molecule has 0 unspecified atom stereocenters. The molecule has 133 heavy (non-hydrogen) atoms. The normalized spacial score (nSPS) is 10.8. The number of nitrogens with zero attached hydrogens (tertiary/aromatic N) is 5. The molecule has 0 saturated heterocycles. The third-order valence-corrected chi connectivity index (χ3v) is 21.7. The van der Waals surface area contributed by atoms with Crippen LogP contribution in [-0.4, -0.2) is 101 Å². The first-order valence-corrected chi connectivity index (χ1v) is 42.0. The quantitative estimate of drug-likeness (QED) is 0.0381. The molecule has 0 saturated carbocycles. The molecule has 0 bridgehead atoms. The van der Waals surface area contributed by atoms with Gasteiger partial charge in [0, 0.05) is 224 Å². The highest BCUT2D eigenvalue weighted by atomic mass is 19.2. The summed E-state index contributed by atoms with van der Waals surface area (Å²) in [5, 5.41) is 18.4. The third kappa shape index (κ3) is 20.6. The van der Waals surface area contributed by atoms with Gasteiger partial charge in [-0.1, -0.05) is 133 Å². The summed E-state index contributed by atoms with van der Waals surface area (Å²) in [6.45, 7) is 5.90. The second-order valence-electron chi connectivity index (χ2n) is 30.8. The van der Waals surface area contributed by atoms with Gasteiger partial charge in [-0.15, -0.1) is 0 Å². The Morgan fingerprint density at radius 1 is 0.278 bits per heavy atom. The Morgan fingerprint density at radius 3 is 0.970 bits per heavy atom. The number of H-pyrrole nitrogens is 5. The molecule has 0 atom stereocenters. The number of hydrogen-bond acceptors (Lipinski definition) is 12. The van der Waals surface area contributed by atoms with Gasteiger partial charge in [0.15, 0.2) is 11.6 Å². The van der Waals surface area contributed by atoms with Gasteiger partial charge in [-0.3, -0.25) is 24.0 Å². The van der Waals surface area contributed by atoms with Crippen LogP contribution in [0.5, 0.6) is 11.5 Å². The molecule has 10 N–H and O–H groups in total. The lowest BCUT2D eigenvalue weighted by Gasteiger charge is -2.08. The van der Waals surface area contributed by atoms with Crippen molar-refractivity contribution in [1.29, 1.82) is 0 Å². The fraction of sp³-hybridized carbons (Fsp3) is 0.0654. The van der Waals surface area contributed by atoms with Gasteiger partial charge < -0.3 is 61.0 Å². The van der Waals surface area contributed by atoms with E-state index in [0.29, 0.717) is 27.8 Å². The third-order valence-electron chi connectivity index (χ3n) is 21.7. The van der Waals surface area contributed by atoms with E-state index in [1.165, 1.54) is 64.1 Å². The van der Waals surface area contributed by atoms with Crippen LogP contribution >= 0.6 is 0 Å². The number of aromatic nitrogens is 10. The maximum atomic E-state index is 14.2. The molecule has 22 nitrogen and oxygen atoms in total. The number of fused-ring (bicyclic) bond motifs is 5. The zero-order valence-electron chi connectivity index (χ0n) is 72.8. The molecule has 20 aromatic rings. The monoisotopic (exact) mass is 1770 g/mol. The van der Waals surface area contributed by atoms with Crippen molar-refractivity contribution in [3.05, 3.63) is 358 Å². The van der Waals surface area contributed by atoms with Crippen LogP contribution in [0, 0.1) is 23.3 Å². The Labute approximate surface area is 760 Å². The number of rotatable bonds is 17. The van der Waals surface area contributed by atoms with E-state index in [2.05, 4.69) is 88.6 Å². The predicted octanol–water partition coefficient (Wildman–Crippen LogP) is 24.3. The van der Waals surface area contributed by atoms with Crippen LogP contribution in [0.3, 0.4) is 0 Å². The predicted molar refractivity (Wildman–Crippen MR) is 518 cm³/mol. The maximum Gasteiger partial charge on any atom is 0.251 e. The van der Waals surface area contributed by atoms with Crippen LogP contribution in [0.15, 0.2) is 329 Å². The minimum absolute atomic E-state index is 0.0928. The Bertz CT molecular complexity index is 7750. The minimum Gasteiger partial charge on any atom is -0.496 e. The maximum absolute atomic E-state index is 14.2. The Morgan fingerprint density at radius 2 is 0.586 bits per heavy atom. The van der Waals surface area contributed by atoms with Crippen LogP contribution in [0.1, 0.15) is 38.1 Å². The summed E-state index contributed by atoms with van der Waals surface area (Å²) in [4.78, 5) is 95.2. The largest absolute Gasteiger partial charge is 0.496 e. The molecule has 0 fully saturated rings. The molecule has 10 aromatic carbocycles. The second kappa shape index (κ2) is 40.1. The number of hydrogen-bond donors (Lipinski definition) is 10. The van der Waals surface area contributed by atoms with Crippen molar-refractivity contribution in [3.63, 3.8) is 0 Å². The van der Waals surface area contributed by atoms with E-state index in [9.17, 15) is 41.5 Å². The first-order valence-electron chi connectivity index (χ1n) is 42.0. The molecule has 0 radical (unpaired) electrons. The SMILES string of the molecule is CC(=O)Nc1ccc(-c2c[nH]c3ncc(-c4cccc(F)c4)cc23)cc1.CC(=O)Nc1cccc(-c2c[nH]c3ncc(-c4cccc(F)c4)cc23)c1.CC(=O)Nc1cccc(-c2cnc3[nH]cc(-c4cccc(F)c4F)c3c2)c1.CNC(=O)c1cccc(-c2cnc3[nH]cc(-c4ccccc4OC)c3c2)c1.COc1ccccc1-c1c[nH]c2ncc(-c3cccc(NC(C)=O)c3)cc12. The van der Waals surface area contributed by atoms with Gasteiger partial charge in [0.2, 0.25) is 23.6 Å². The number of nitrogens with one attached hydrogen (secondary N) is 10. The van der Waals surface area contributed by atoms with E-state index in [1.807, 2.05) is 225 Å². The topological polar surface area (TPSA) is 307 Å². The molecule has 0 aliphatic rings. The molecule has 0 aliphatic heterocycles. The fourth-order valence-electron chi connectivity index (χ4n) is 15.6. The number of ether oxygens (including phenoxy) is 2. The van der Waals surface area contributed by atoms with Crippen LogP contribution in [0.4, 0.5) is 40.3 Å². The summed E-state index contributed by atoms with van der Waals surface area (Å²) >= 11 is 0. The van der Waals surface area contributed by atoms with E-state index in [0.717, 1.165) is 179 Å². The van der Waals surface area contributed by atoms with Gasteiger partial charge in [0.1, 0.15) is 51.4 Å². The molecule has 0 aliphatic carbocycles. The molecular formula is C107H85F4N15O7. The van der Waals surface area contributed by atoms with Crippen LogP contribution in [0.2, 0.25) is 0 Å². The van der Waals surface area contributed by atoms with Gasteiger partial charge in [0.25, 0.3) is 5.91 Å². The molecule has 10 heterocycles. The molecule has 658 valence electrons. The van der Waals surface area contributed by atoms with E-state index in [-0.39, 0.29) is 46.7 Å². The van der Waals surface area contributed by atoms with Gasteiger partial charge in [-0.2, -0.15) is 0 Å². The lowest BCUT2D eigenvalue weighted by molar-refractivity contribution is -0.115. The summed E-state index contributed by atoms with van der Waals surface area (Å²) < 4.78 is 66.0. The van der Waals surface area contributed by atoms with Crippen molar-refractivity contribution in [1.82, 2.24) is 55.2 Å². The van der Waals surface area contributed by atoms with E-state index in [1.54, 1.807) is 70.3 Å². The summed E-state index contributed by atoms with van der Waals surface area (Å²) in [6, 6.07) is 80.8. The standard InChI is InChI=1S/2C22H19N3O2.C21H15F2N3O.2C21H16FN3O/c1-23-22(26)15-7-5-6-14(10-15)16-11-18-19(13-25-21(18)24-12-16)17-8-3-4-9-20(17)27-2;1-14(26)25-17-7-5-6-15(10-17)16-11-19-20(13-24-22(19)23-12-16)18-8-3-4-9-21(18)27-2;1-12(27)26-15-5-2-4-13(8-15)14-9-17-18(11-25-21(17)24-10-14)16-6-3-7-19(22)20(16)23;1-13(26)25-18-7-3-5-15(9-18)20-12-24-21-19(20)10-16(11-23-21)14-4-2-6-17(22)8-14;1-13(26)25-18-7-5-14(6-8-18)20-12-24-21-19(20)10-16(11-23-21)15-3-2-4-17(22)9-15/h3-13H,1-2H3,(H,23,26)(H,24,25);3-13H,1-2H3,(H,23,24)(H,25,26);2-11H,1H3,(H,24,25)(H,26,27);2*2-12H,1H3,(H,23,24)(H,25,26). The van der Waals surface area contributed by atoms with Crippen LogP contribution < -0.4 is 36.1 Å². The first-order chi connectivity index (χ1) is 64.6. The highest BCUT2D eigenvalue weighted by Gasteiger charge is 2.21. The van der Waals surface area contributed by atoms with Crippen molar-refractivity contribution in [2.45, 2.75) is 27.7 Å². The minimum atomic E-state index is -0.894. The Kier molecular flexibility index (Phi) is 26.8. The number of halogens is 4. The summed E-state index contributed by atoms with van der Waals surface area (Å²) in [6.07, 6.45) is 18.1. The number of aromatic amines is 5. The second-order valence-corrected chi connectivity index (χ2v) is 30.8. The smallest absolute Gasteiger partial charge is 0.251 e. The highest BCUT2D eigenvalue weighted by Crippen LogP contribution is 2.42. The number of para-hydroxylation sites is 2. The fourth-order valence-corrected chi connectivity index (χ4v) is 15.6. The number of benzene rings is 10. The van der Waals surface area contributed by atoms with E-state index >= 15 is 0 Å². The van der Waals surface area contributed by atoms with Gasteiger partial charge in [0.05, 0.1) is 14.2 Å². The Balaban J connectivity index is 0.000000121. The Hall–Kier alpha value is -17.7. The summed E-state index contributed by atoms with van der Waals surface area (Å²) in [5.41, 5.74) is 24.8. The van der Waals surface area contributed by atoms with E-state index in [4.69, 9.17) is 9.47 Å². The number of carbonyl (C=O) groups is 5. The first kappa shape index (κ1) is 88.7. The summed E-state index contributed by atoms with van der Waals surface area (Å²) in [7, 11) is 4.97. The molecular weight excluding hydrogens is 1680 g/mol.